The van der Waals surface area contributed by atoms with Crippen LogP contribution in [-0.2, 0) is 11.3 Å². The van der Waals surface area contributed by atoms with Gasteiger partial charge in [-0.05, 0) is 51.2 Å². The van der Waals surface area contributed by atoms with E-state index in [0.717, 1.165) is 69.9 Å². The van der Waals surface area contributed by atoms with Crippen molar-refractivity contribution < 1.29 is 9.53 Å². The summed E-state index contributed by atoms with van der Waals surface area (Å²) in [6.07, 6.45) is 2.13. The average Bonchev–Trinajstić information content (AvgIpc) is 2.55. The van der Waals surface area contributed by atoms with Gasteiger partial charge in [-0.2, -0.15) is 0 Å². The van der Waals surface area contributed by atoms with Crippen molar-refractivity contribution in [3.63, 3.8) is 0 Å². The van der Waals surface area contributed by atoms with Crippen molar-refractivity contribution in [2.24, 2.45) is 0 Å². The number of ether oxygens (including phenoxy) is 1. The molecule has 0 bridgehead atoms. The molecule has 1 aromatic rings. The highest BCUT2D eigenvalue weighted by Gasteiger charge is 2.10. The van der Waals surface area contributed by atoms with Crippen molar-refractivity contribution in [3.8, 4) is 0 Å². The summed E-state index contributed by atoms with van der Waals surface area (Å²) >= 11 is 0. The summed E-state index contributed by atoms with van der Waals surface area (Å²) < 4.78 is 5.34. The Bertz CT molecular complexity index is 485. The zero-order valence-corrected chi connectivity index (χ0v) is 14.4. The third kappa shape index (κ3) is 6.69. The number of amides is 1. The number of unbranched alkanes of at least 4 members (excludes halogenated alkanes) is 1. The molecule has 0 unspecified atom stereocenters. The van der Waals surface area contributed by atoms with Gasteiger partial charge in [-0.25, -0.2) is 0 Å². The lowest BCUT2D eigenvalue weighted by molar-refractivity contribution is 0.0372. The van der Waals surface area contributed by atoms with Crippen LogP contribution in [0.25, 0.3) is 0 Å². The van der Waals surface area contributed by atoms with Gasteiger partial charge in [0.15, 0.2) is 0 Å². The summed E-state index contributed by atoms with van der Waals surface area (Å²) in [4.78, 5) is 16.7. The second-order valence-corrected chi connectivity index (χ2v) is 6.36. The minimum Gasteiger partial charge on any atom is -0.379 e. The van der Waals surface area contributed by atoms with Gasteiger partial charge in [0, 0.05) is 31.7 Å². The first-order valence-electron chi connectivity index (χ1n) is 8.47. The Labute approximate surface area is 139 Å². The number of nitrogens with one attached hydrogen (secondary N) is 1. The first kappa shape index (κ1) is 17.9. The predicted molar refractivity (Wildman–Crippen MR) is 92.7 cm³/mol. The second kappa shape index (κ2) is 9.65. The lowest BCUT2D eigenvalue weighted by Gasteiger charge is -2.26. The zero-order valence-electron chi connectivity index (χ0n) is 14.4. The van der Waals surface area contributed by atoms with Crippen molar-refractivity contribution in [2.75, 3.05) is 53.5 Å². The molecule has 0 spiro atoms. The highest BCUT2D eigenvalue weighted by molar-refractivity contribution is 5.94. The first-order chi connectivity index (χ1) is 11.1. The van der Waals surface area contributed by atoms with Crippen LogP contribution in [0.1, 0.15) is 28.8 Å². The Morgan fingerprint density at radius 2 is 2.04 bits per heavy atom. The van der Waals surface area contributed by atoms with Crippen LogP contribution in [0.2, 0.25) is 0 Å². The van der Waals surface area contributed by atoms with Crippen LogP contribution < -0.4 is 5.32 Å². The average molecular weight is 319 g/mol. The lowest BCUT2D eigenvalue weighted by Crippen LogP contribution is -2.37. The summed E-state index contributed by atoms with van der Waals surface area (Å²) in [6.45, 7) is 6.44. The molecule has 128 valence electrons. The van der Waals surface area contributed by atoms with Gasteiger partial charge < -0.3 is 15.0 Å². The van der Waals surface area contributed by atoms with E-state index >= 15 is 0 Å². The summed E-state index contributed by atoms with van der Waals surface area (Å²) in [5.74, 6) is 0.0250. The molecule has 23 heavy (non-hydrogen) atoms. The van der Waals surface area contributed by atoms with Gasteiger partial charge in [0.1, 0.15) is 0 Å². The Hall–Kier alpha value is -1.43. The summed E-state index contributed by atoms with van der Waals surface area (Å²) in [7, 11) is 4.06. The zero-order chi connectivity index (χ0) is 16.5. The van der Waals surface area contributed by atoms with E-state index in [2.05, 4.69) is 21.2 Å². The molecular formula is C18H29N3O2. The third-order valence-electron chi connectivity index (χ3n) is 3.98. The van der Waals surface area contributed by atoms with Crippen LogP contribution in [0.4, 0.5) is 0 Å². The van der Waals surface area contributed by atoms with Crippen molar-refractivity contribution in [1.82, 2.24) is 15.1 Å². The van der Waals surface area contributed by atoms with E-state index in [0.29, 0.717) is 0 Å². The number of morpholine rings is 1. The van der Waals surface area contributed by atoms with Gasteiger partial charge in [-0.3, -0.25) is 9.69 Å². The second-order valence-electron chi connectivity index (χ2n) is 6.36. The van der Waals surface area contributed by atoms with Crippen LogP contribution in [0.3, 0.4) is 0 Å². The molecule has 0 aromatic heterocycles. The van der Waals surface area contributed by atoms with Crippen molar-refractivity contribution in [1.29, 1.82) is 0 Å². The number of hydrogen-bond acceptors (Lipinski definition) is 4. The molecule has 0 saturated carbocycles. The lowest BCUT2D eigenvalue weighted by atomic mass is 10.1. The van der Waals surface area contributed by atoms with Gasteiger partial charge in [-0.15, -0.1) is 0 Å². The molecule has 1 heterocycles. The standard InChI is InChI=1S/C18H29N3O2/c1-20(2)15-16-6-5-7-17(14-16)18(22)19-8-3-4-9-21-10-12-23-13-11-21/h5-7,14H,3-4,8-13,15H2,1-2H3,(H,19,22). The van der Waals surface area contributed by atoms with E-state index < -0.39 is 0 Å². The normalized spacial score (nSPS) is 15.8. The van der Waals surface area contributed by atoms with Gasteiger partial charge in [0.25, 0.3) is 5.91 Å². The maximum Gasteiger partial charge on any atom is 0.251 e. The van der Waals surface area contributed by atoms with E-state index in [-0.39, 0.29) is 5.91 Å². The number of hydrogen-bond donors (Lipinski definition) is 1. The number of rotatable bonds is 8. The van der Waals surface area contributed by atoms with E-state index in [1.807, 2.05) is 32.3 Å². The number of carbonyl (C=O) groups is 1. The maximum atomic E-state index is 12.2. The monoisotopic (exact) mass is 319 g/mol. The Balaban J connectivity index is 1.66. The van der Waals surface area contributed by atoms with Crippen LogP contribution in [0, 0.1) is 0 Å². The van der Waals surface area contributed by atoms with Crippen LogP contribution >= 0.6 is 0 Å². The van der Waals surface area contributed by atoms with Crippen LogP contribution in [-0.4, -0.2) is 69.2 Å². The van der Waals surface area contributed by atoms with Crippen molar-refractivity contribution in [2.45, 2.75) is 19.4 Å². The molecule has 1 fully saturated rings. The predicted octanol–water partition coefficient (Wildman–Crippen LogP) is 1.59. The summed E-state index contributed by atoms with van der Waals surface area (Å²) in [6, 6.07) is 7.86. The van der Waals surface area contributed by atoms with Gasteiger partial charge >= 0.3 is 0 Å². The highest BCUT2D eigenvalue weighted by atomic mass is 16.5. The number of benzene rings is 1. The Morgan fingerprint density at radius 1 is 1.26 bits per heavy atom. The Kier molecular flexibility index (Phi) is 7.52. The molecule has 1 amide bonds. The molecule has 0 atom stereocenters. The van der Waals surface area contributed by atoms with Gasteiger partial charge in [0.05, 0.1) is 13.2 Å². The first-order valence-corrected chi connectivity index (χ1v) is 8.47. The summed E-state index contributed by atoms with van der Waals surface area (Å²) in [5.41, 5.74) is 1.91. The molecule has 2 rings (SSSR count). The highest BCUT2D eigenvalue weighted by Crippen LogP contribution is 2.07. The molecule has 1 saturated heterocycles. The SMILES string of the molecule is CN(C)Cc1cccc(C(=O)NCCCCN2CCOCC2)c1. The van der Waals surface area contributed by atoms with E-state index in [9.17, 15) is 4.79 Å². The molecular weight excluding hydrogens is 290 g/mol. The molecule has 1 aromatic carbocycles. The number of nitrogens with zero attached hydrogens (tertiary/aromatic N) is 2. The van der Waals surface area contributed by atoms with E-state index in [1.54, 1.807) is 0 Å². The summed E-state index contributed by atoms with van der Waals surface area (Å²) in [5, 5.41) is 3.02. The minimum atomic E-state index is 0.0250. The van der Waals surface area contributed by atoms with Crippen LogP contribution in [0.15, 0.2) is 24.3 Å². The van der Waals surface area contributed by atoms with Crippen molar-refractivity contribution >= 4 is 5.91 Å². The third-order valence-corrected chi connectivity index (χ3v) is 3.98. The molecule has 1 aliphatic rings. The van der Waals surface area contributed by atoms with Crippen LogP contribution in [0.5, 0.6) is 0 Å². The minimum absolute atomic E-state index is 0.0250. The number of carbonyl (C=O) groups excluding carboxylic acids is 1. The molecule has 5 heteroatoms. The van der Waals surface area contributed by atoms with E-state index in [1.165, 1.54) is 0 Å². The topological polar surface area (TPSA) is 44.8 Å². The largest absolute Gasteiger partial charge is 0.379 e. The van der Waals surface area contributed by atoms with Crippen molar-refractivity contribution in [3.05, 3.63) is 35.4 Å². The fourth-order valence-electron chi connectivity index (χ4n) is 2.77. The maximum absolute atomic E-state index is 12.2. The smallest absolute Gasteiger partial charge is 0.251 e. The quantitative estimate of drug-likeness (QED) is 0.739. The van der Waals surface area contributed by atoms with Gasteiger partial charge in [0.2, 0.25) is 0 Å². The molecule has 1 aliphatic heterocycles. The Morgan fingerprint density at radius 3 is 2.78 bits per heavy atom. The molecule has 1 N–H and O–H groups in total. The molecule has 5 nitrogen and oxygen atoms in total. The van der Waals surface area contributed by atoms with E-state index in [4.69, 9.17) is 4.74 Å². The molecule has 0 radical (unpaired) electrons. The molecule has 0 aliphatic carbocycles. The fraction of sp³-hybridized carbons (Fsp3) is 0.611. The fourth-order valence-corrected chi connectivity index (χ4v) is 2.77. The van der Waals surface area contributed by atoms with Gasteiger partial charge in [-0.1, -0.05) is 12.1 Å².